The molecule has 1 heterocycles. The zero-order chi connectivity index (χ0) is 23.9. The van der Waals surface area contributed by atoms with Crippen molar-refractivity contribution in [1.29, 1.82) is 0 Å². The Bertz CT molecular complexity index is 992. The number of hydrogen-bond donors (Lipinski definition) is 2. The second-order valence-electron chi connectivity index (χ2n) is 9.04. The molecule has 2 aromatic carbocycles. The number of nitrogens with zero attached hydrogens (tertiary/aromatic N) is 1. The van der Waals surface area contributed by atoms with Gasteiger partial charge in [0.1, 0.15) is 6.61 Å². The summed E-state index contributed by atoms with van der Waals surface area (Å²) in [6.07, 6.45) is 3.85. The fourth-order valence-electron chi connectivity index (χ4n) is 5.13. The molecule has 34 heavy (non-hydrogen) atoms. The SMILES string of the molecule is O=C(O)C[C@H]1CCCCN1C(=O)CCCCNC(=O)OCC1c2ccccc2-c2ccccc21. The second kappa shape index (κ2) is 11.2. The van der Waals surface area contributed by atoms with Gasteiger partial charge in [-0.05, 0) is 54.4 Å². The summed E-state index contributed by atoms with van der Waals surface area (Å²) in [7, 11) is 0. The number of amides is 2. The number of carboxylic acid groups (broad SMARTS) is 1. The summed E-state index contributed by atoms with van der Waals surface area (Å²) in [5.41, 5.74) is 4.73. The van der Waals surface area contributed by atoms with Crippen molar-refractivity contribution in [3.8, 4) is 11.1 Å². The topological polar surface area (TPSA) is 95.9 Å². The van der Waals surface area contributed by atoms with Crippen molar-refractivity contribution >= 4 is 18.0 Å². The third-order valence-electron chi connectivity index (χ3n) is 6.79. The van der Waals surface area contributed by atoms with Crippen LogP contribution in [-0.2, 0) is 14.3 Å². The van der Waals surface area contributed by atoms with Crippen LogP contribution < -0.4 is 5.32 Å². The molecule has 0 radical (unpaired) electrons. The van der Waals surface area contributed by atoms with Gasteiger partial charge in [0.2, 0.25) is 5.91 Å². The molecule has 0 bridgehead atoms. The molecule has 2 aliphatic rings. The molecule has 0 unspecified atom stereocenters. The minimum atomic E-state index is -0.864. The lowest BCUT2D eigenvalue weighted by atomic mass is 9.98. The van der Waals surface area contributed by atoms with E-state index in [0.717, 1.165) is 19.3 Å². The molecule has 1 aliphatic carbocycles. The van der Waals surface area contributed by atoms with Gasteiger partial charge in [-0.3, -0.25) is 9.59 Å². The van der Waals surface area contributed by atoms with Crippen LogP contribution in [0.1, 0.15) is 62.0 Å². The van der Waals surface area contributed by atoms with Crippen molar-refractivity contribution in [2.24, 2.45) is 0 Å². The Hall–Kier alpha value is -3.35. The minimum Gasteiger partial charge on any atom is -0.481 e. The Balaban J connectivity index is 1.18. The summed E-state index contributed by atoms with van der Waals surface area (Å²) in [5, 5.41) is 11.9. The summed E-state index contributed by atoms with van der Waals surface area (Å²) in [4.78, 5) is 37.6. The number of carboxylic acids is 1. The molecule has 1 saturated heterocycles. The van der Waals surface area contributed by atoms with E-state index >= 15 is 0 Å². The number of piperidine rings is 1. The maximum atomic E-state index is 12.6. The highest BCUT2D eigenvalue weighted by molar-refractivity contribution is 5.79. The standard InChI is InChI=1S/C27H32N2O5/c30-25(29-16-8-6-9-19(29)17-26(31)32)14-5-7-15-28-27(33)34-18-24-22-12-3-1-10-20(22)21-11-2-4-13-23(21)24/h1-4,10-13,19,24H,5-9,14-18H2,(H,28,33)(H,31,32)/t19-/m1/s1. The lowest BCUT2D eigenvalue weighted by Gasteiger charge is -2.35. The lowest BCUT2D eigenvalue weighted by molar-refractivity contribution is -0.142. The molecule has 4 rings (SSSR count). The van der Waals surface area contributed by atoms with Crippen LogP contribution in [0, 0.1) is 0 Å². The molecule has 7 nitrogen and oxygen atoms in total. The number of nitrogens with one attached hydrogen (secondary N) is 1. The maximum absolute atomic E-state index is 12.6. The number of hydrogen-bond acceptors (Lipinski definition) is 4. The number of aliphatic carboxylic acids is 1. The maximum Gasteiger partial charge on any atom is 0.407 e. The van der Waals surface area contributed by atoms with Gasteiger partial charge in [-0.1, -0.05) is 48.5 Å². The molecule has 0 saturated carbocycles. The van der Waals surface area contributed by atoms with Crippen LogP contribution in [0.5, 0.6) is 0 Å². The highest BCUT2D eigenvalue weighted by Gasteiger charge is 2.29. The Morgan fingerprint density at radius 3 is 2.32 bits per heavy atom. The largest absolute Gasteiger partial charge is 0.481 e. The van der Waals surface area contributed by atoms with Crippen LogP contribution in [0.3, 0.4) is 0 Å². The number of carbonyl (C=O) groups is 3. The fraction of sp³-hybridized carbons (Fsp3) is 0.444. The average molecular weight is 465 g/mol. The third kappa shape index (κ3) is 5.58. The Morgan fingerprint density at radius 2 is 1.65 bits per heavy atom. The number of fused-ring (bicyclic) bond motifs is 3. The molecule has 0 aromatic heterocycles. The minimum absolute atomic E-state index is 0.00657. The van der Waals surface area contributed by atoms with Crippen LogP contribution in [0.2, 0.25) is 0 Å². The van der Waals surface area contributed by atoms with Crippen LogP contribution in [0.25, 0.3) is 11.1 Å². The number of rotatable bonds is 9. The quantitative estimate of drug-likeness (QED) is 0.531. The highest BCUT2D eigenvalue weighted by atomic mass is 16.5. The van der Waals surface area contributed by atoms with Gasteiger partial charge in [-0.25, -0.2) is 4.79 Å². The van der Waals surface area contributed by atoms with Crippen LogP contribution >= 0.6 is 0 Å². The van der Waals surface area contributed by atoms with E-state index in [1.807, 2.05) is 24.3 Å². The molecular formula is C27H32N2O5. The molecule has 2 aromatic rings. The number of alkyl carbamates (subject to hydrolysis) is 1. The molecule has 2 N–H and O–H groups in total. The fourth-order valence-corrected chi connectivity index (χ4v) is 5.13. The van der Waals surface area contributed by atoms with E-state index in [1.54, 1.807) is 4.90 Å². The van der Waals surface area contributed by atoms with E-state index in [9.17, 15) is 14.4 Å². The summed E-state index contributed by atoms with van der Waals surface area (Å²) in [6, 6.07) is 16.2. The van der Waals surface area contributed by atoms with E-state index in [0.29, 0.717) is 32.4 Å². The predicted molar refractivity (Wildman–Crippen MR) is 129 cm³/mol. The summed E-state index contributed by atoms with van der Waals surface area (Å²) in [5.74, 6) is -0.830. The summed E-state index contributed by atoms with van der Waals surface area (Å²) in [6.45, 7) is 1.34. The van der Waals surface area contributed by atoms with Gasteiger partial charge >= 0.3 is 12.1 Å². The Kier molecular flexibility index (Phi) is 7.83. The summed E-state index contributed by atoms with van der Waals surface area (Å²) >= 11 is 0. The first-order chi connectivity index (χ1) is 16.5. The van der Waals surface area contributed by atoms with Crippen molar-refractivity contribution in [2.45, 2.75) is 56.9 Å². The van der Waals surface area contributed by atoms with E-state index in [2.05, 4.69) is 29.6 Å². The number of ether oxygens (including phenoxy) is 1. The van der Waals surface area contributed by atoms with Crippen molar-refractivity contribution in [2.75, 3.05) is 19.7 Å². The number of benzene rings is 2. The molecule has 1 atom stereocenters. The van der Waals surface area contributed by atoms with Gasteiger partial charge in [0, 0.05) is 31.5 Å². The first-order valence-electron chi connectivity index (χ1n) is 12.1. The average Bonchev–Trinajstić information content (AvgIpc) is 3.16. The first kappa shape index (κ1) is 23.8. The van der Waals surface area contributed by atoms with Gasteiger partial charge in [0.25, 0.3) is 0 Å². The summed E-state index contributed by atoms with van der Waals surface area (Å²) < 4.78 is 5.53. The van der Waals surface area contributed by atoms with Gasteiger partial charge in [-0.2, -0.15) is 0 Å². The monoisotopic (exact) mass is 464 g/mol. The molecule has 2 amide bonds. The van der Waals surface area contributed by atoms with E-state index in [1.165, 1.54) is 22.3 Å². The number of carbonyl (C=O) groups excluding carboxylic acids is 2. The number of unbranched alkanes of at least 4 members (excludes halogenated alkanes) is 1. The highest BCUT2D eigenvalue weighted by Crippen LogP contribution is 2.44. The van der Waals surface area contributed by atoms with E-state index in [4.69, 9.17) is 9.84 Å². The predicted octanol–water partition coefficient (Wildman–Crippen LogP) is 4.55. The molecule has 1 aliphatic heterocycles. The smallest absolute Gasteiger partial charge is 0.407 e. The van der Waals surface area contributed by atoms with Crippen molar-refractivity contribution in [3.63, 3.8) is 0 Å². The molecule has 180 valence electrons. The molecule has 1 fully saturated rings. The van der Waals surface area contributed by atoms with E-state index < -0.39 is 12.1 Å². The molecule has 0 spiro atoms. The van der Waals surface area contributed by atoms with Gasteiger partial charge in [-0.15, -0.1) is 0 Å². The van der Waals surface area contributed by atoms with Gasteiger partial charge in [0.15, 0.2) is 0 Å². The second-order valence-corrected chi connectivity index (χ2v) is 9.04. The molecular weight excluding hydrogens is 432 g/mol. The van der Waals surface area contributed by atoms with Crippen LogP contribution in [0.4, 0.5) is 4.79 Å². The lowest BCUT2D eigenvalue weighted by Crippen LogP contribution is -2.44. The third-order valence-corrected chi connectivity index (χ3v) is 6.79. The van der Waals surface area contributed by atoms with Gasteiger partial charge in [0.05, 0.1) is 6.42 Å². The van der Waals surface area contributed by atoms with Crippen molar-refractivity contribution < 1.29 is 24.2 Å². The van der Waals surface area contributed by atoms with Crippen molar-refractivity contribution in [3.05, 3.63) is 59.7 Å². The first-order valence-corrected chi connectivity index (χ1v) is 12.1. The van der Waals surface area contributed by atoms with E-state index in [-0.39, 0.29) is 30.9 Å². The normalized spacial score (nSPS) is 17.1. The van der Waals surface area contributed by atoms with Crippen molar-refractivity contribution in [1.82, 2.24) is 10.2 Å². The van der Waals surface area contributed by atoms with Crippen LogP contribution in [-0.4, -0.2) is 53.7 Å². The van der Waals surface area contributed by atoms with Crippen LogP contribution in [0.15, 0.2) is 48.5 Å². The zero-order valence-electron chi connectivity index (χ0n) is 19.4. The molecule has 7 heteroatoms. The van der Waals surface area contributed by atoms with Gasteiger partial charge < -0.3 is 20.1 Å². The Morgan fingerprint density at radius 1 is 0.971 bits per heavy atom. The number of likely N-dealkylation sites (tertiary alicyclic amines) is 1. The zero-order valence-corrected chi connectivity index (χ0v) is 19.4. The Labute approximate surface area is 200 Å².